The molecule has 0 aliphatic carbocycles. The van der Waals surface area contributed by atoms with Gasteiger partial charge in [0.1, 0.15) is 5.75 Å². The smallest absolute Gasteiger partial charge is 0.338 e. The van der Waals surface area contributed by atoms with Crippen LogP contribution in [-0.4, -0.2) is 19.2 Å². The first-order chi connectivity index (χ1) is 9.58. The maximum atomic E-state index is 12.0. The molecular weight excluding hydrogens is 254 g/mol. The van der Waals surface area contributed by atoms with Gasteiger partial charge in [-0.1, -0.05) is 26.2 Å². The van der Waals surface area contributed by atoms with Gasteiger partial charge in [0.2, 0.25) is 0 Å². The fourth-order valence-electron chi connectivity index (χ4n) is 2.03. The molecular formula is C16H25NO3. The van der Waals surface area contributed by atoms with E-state index in [-0.39, 0.29) is 12.1 Å². The molecule has 0 spiro atoms. The fraction of sp³-hybridized carbons (Fsp3) is 0.562. The van der Waals surface area contributed by atoms with E-state index in [4.69, 9.17) is 15.2 Å². The largest absolute Gasteiger partial charge is 0.495 e. The molecule has 4 heteroatoms. The summed E-state index contributed by atoms with van der Waals surface area (Å²) < 4.78 is 10.5. The highest BCUT2D eigenvalue weighted by Crippen LogP contribution is 2.22. The van der Waals surface area contributed by atoms with Gasteiger partial charge in [-0.2, -0.15) is 0 Å². The molecule has 1 atom stereocenters. The van der Waals surface area contributed by atoms with Crippen LogP contribution in [0, 0.1) is 0 Å². The van der Waals surface area contributed by atoms with Crippen LogP contribution in [0.3, 0.4) is 0 Å². The first-order valence-corrected chi connectivity index (χ1v) is 7.23. The maximum Gasteiger partial charge on any atom is 0.338 e. The van der Waals surface area contributed by atoms with E-state index in [0.717, 1.165) is 12.8 Å². The number of rotatable bonds is 8. The van der Waals surface area contributed by atoms with Crippen molar-refractivity contribution in [3.63, 3.8) is 0 Å². The Morgan fingerprint density at radius 2 is 2.05 bits per heavy atom. The number of methoxy groups -OCH3 is 1. The third-order valence-electron chi connectivity index (χ3n) is 3.24. The van der Waals surface area contributed by atoms with Crippen molar-refractivity contribution in [3.05, 3.63) is 23.8 Å². The van der Waals surface area contributed by atoms with Crippen molar-refractivity contribution < 1.29 is 14.3 Å². The number of esters is 1. The molecule has 4 nitrogen and oxygen atoms in total. The average molecular weight is 279 g/mol. The van der Waals surface area contributed by atoms with E-state index in [2.05, 4.69) is 6.92 Å². The van der Waals surface area contributed by atoms with Crippen LogP contribution >= 0.6 is 0 Å². The Kier molecular flexibility index (Phi) is 6.91. The number of carbonyl (C=O) groups excluding carboxylic acids is 1. The van der Waals surface area contributed by atoms with E-state index in [0.29, 0.717) is 17.0 Å². The Balaban J connectivity index is 2.47. The van der Waals surface area contributed by atoms with E-state index in [1.807, 2.05) is 6.92 Å². The first-order valence-electron chi connectivity index (χ1n) is 7.23. The van der Waals surface area contributed by atoms with Gasteiger partial charge < -0.3 is 15.2 Å². The molecule has 0 saturated carbocycles. The number of hydrogen-bond acceptors (Lipinski definition) is 4. The molecule has 2 N–H and O–H groups in total. The Labute approximate surface area is 121 Å². The predicted octanol–water partition coefficient (Wildman–Crippen LogP) is 3.79. The van der Waals surface area contributed by atoms with Gasteiger partial charge in [0.05, 0.1) is 24.5 Å². The lowest BCUT2D eigenvalue weighted by molar-refractivity contribution is 0.0319. The van der Waals surface area contributed by atoms with E-state index in [1.165, 1.54) is 19.3 Å². The van der Waals surface area contributed by atoms with Gasteiger partial charge in [0.25, 0.3) is 0 Å². The minimum atomic E-state index is -0.331. The number of nitrogens with two attached hydrogens (primary N) is 1. The molecule has 1 rings (SSSR count). The zero-order valence-electron chi connectivity index (χ0n) is 12.6. The molecule has 20 heavy (non-hydrogen) atoms. The van der Waals surface area contributed by atoms with Crippen LogP contribution in [0.4, 0.5) is 5.69 Å². The van der Waals surface area contributed by atoms with Crippen LogP contribution < -0.4 is 10.5 Å². The highest BCUT2D eigenvalue weighted by molar-refractivity contribution is 5.91. The van der Waals surface area contributed by atoms with E-state index < -0.39 is 0 Å². The van der Waals surface area contributed by atoms with Crippen molar-refractivity contribution in [1.82, 2.24) is 0 Å². The molecule has 0 fully saturated rings. The van der Waals surface area contributed by atoms with Crippen LogP contribution in [-0.2, 0) is 4.74 Å². The van der Waals surface area contributed by atoms with Gasteiger partial charge in [-0.25, -0.2) is 4.79 Å². The Hall–Kier alpha value is -1.71. The second-order valence-electron chi connectivity index (χ2n) is 5.02. The third-order valence-corrected chi connectivity index (χ3v) is 3.24. The van der Waals surface area contributed by atoms with Crippen molar-refractivity contribution in [1.29, 1.82) is 0 Å². The van der Waals surface area contributed by atoms with Gasteiger partial charge in [-0.15, -0.1) is 0 Å². The monoisotopic (exact) mass is 279 g/mol. The summed E-state index contributed by atoms with van der Waals surface area (Å²) >= 11 is 0. The van der Waals surface area contributed by atoms with Gasteiger partial charge >= 0.3 is 5.97 Å². The van der Waals surface area contributed by atoms with Crippen LogP contribution in [0.5, 0.6) is 5.75 Å². The molecule has 112 valence electrons. The summed E-state index contributed by atoms with van der Waals surface area (Å²) in [7, 11) is 1.54. The highest BCUT2D eigenvalue weighted by atomic mass is 16.5. The molecule has 1 aromatic rings. The molecule has 1 aromatic carbocycles. The Morgan fingerprint density at radius 1 is 1.30 bits per heavy atom. The second kappa shape index (κ2) is 8.46. The van der Waals surface area contributed by atoms with Gasteiger partial charge in [0.15, 0.2) is 0 Å². The molecule has 0 saturated heterocycles. The Bertz CT molecular complexity index is 432. The molecule has 0 bridgehead atoms. The van der Waals surface area contributed by atoms with Crippen molar-refractivity contribution >= 4 is 11.7 Å². The van der Waals surface area contributed by atoms with Crippen molar-refractivity contribution in [2.75, 3.05) is 12.8 Å². The van der Waals surface area contributed by atoms with E-state index in [9.17, 15) is 4.79 Å². The number of hydrogen-bond donors (Lipinski definition) is 1. The molecule has 0 aromatic heterocycles. The standard InChI is InChI=1S/C16H25NO3/c1-4-5-6-7-8-12(2)20-16(18)13-9-10-15(19-3)14(17)11-13/h9-12H,4-8,17H2,1-3H3. The van der Waals surface area contributed by atoms with Crippen LogP contribution in [0.2, 0.25) is 0 Å². The van der Waals surface area contributed by atoms with Gasteiger partial charge in [-0.3, -0.25) is 0 Å². The first kappa shape index (κ1) is 16.3. The van der Waals surface area contributed by atoms with Crippen molar-refractivity contribution in [2.45, 2.75) is 52.1 Å². The topological polar surface area (TPSA) is 61.5 Å². The highest BCUT2D eigenvalue weighted by Gasteiger charge is 2.13. The Morgan fingerprint density at radius 3 is 2.65 bits per heavy atom. The van der Waals surface area contributed by atoms with Crippen LogP contribution in [0.15, 0.2) is 18.2 Å². The van der Waals surface area contributed by atoms with Crippen LogP contribution in [0.25, 0.3) is 0 Å². The molecule has 0 amide bonds. The van der Waals surface area contributed by atoms with Gasteiger partial charge in [0, 0.05) is 0 Å². The lowest BCUT2D eigenvalue weighted by Crippen LogP contribution is -2.15. The van der Waals surface area contributed by atoms with Crippen molar-refractivity contribution in [2.24, 2.45) is 0 Å². The molecule has 0 heterocycles. The quantitative estimate of drug-likeness (QED) is 0.447. The number of benzene rings is 1. The number of unbranched alkanes of at least 4 members (excludes halogenated alkanes) is 3. The predicted molar refractivity (Wildman–Crippen MR) is 81.0 cm³/mol. The minimum Gasteiger partial charge on any atom is -0.495 e. The summed E-state index contributed by atoms with van der Waals surface area (Å²) in [6, 6.07) is 4.93. The number of anilines is 1. The van der Waals surface area contributed by atoms with Crippen molar-refractivity contribution in [3.8, 4) is 5.75 Å². The summed E-state index contributed by atoms with van der Waals surface area (Å²) in [6.45, 7) is 4.11. The van der Waals surface area contributed by atoms with Crippen LogP contribution in [0.1, 0.15) is 56.3 Å². The molecule has 1 unspecified atom stereocenters. The number of ether oxygens (including phenoxy) is 2. The lowest BCUT2D eigenvalue weighted by atomic mass is 10.1. The number of nitrogen functional groups attached to an aromatic ring is 1. The summed E-state index contributed by atoms with van der Waals surface area (Å²) in [5.74, 6) is 0.233. The summed E-state index contributed by atoms with van der Waals surface area (Å²) in [4.78, 5) is 12.0. The zero-order valence-corrected chi connectivity index (χ0v) is 12.6. The summed E-state index contributed by atoms with van der Waals surface area (Å²) in [6.07, 6.45) is 5.55. The summed E-state index contributed by atoms with van der Waals surface area (Å²) in [5.41, 5.74) is 6.69. The third kappa shape index (κ3) is 5.11. The average Bonchev–Trinajstić information content (AvgIpc) is 2.43. The summed E-state index contributed by atoms with van der Waals surface area (Å²) in [5, 5.41) is 0. The van der Waals surface area contributed by atoms with E-state index in [1.54, 1.807) is 25.3 Å². The SMILES string of the molecule is CCCCCCC(C)OC(=O)c1ccc(OC)c(N)c1. The number of carbonyl (C=O) groups is 1. The normalized spacial score (nSPS) is 11.9. The molecule has 0 aliphatic heterocycles. The minimum absolute atomic E-state index is 0.0670. The molecule has 0 radical (unpaired) electrons. The lowest BCUT2D eigenvalue weighted by Gasteiger charge is -2.13. The fourth-order valence-corrected chi connectivity index (χ4v) is 2.03. The second-order valence-corrected chi connectivity index (χ2v) is 5.02. The van der Waals surface area contributed by atoms with E-state index >= 15 is 0 Å². The van der Waals surface area contributed by atoms with Gasteiger partial charge in [-0.05, 0) is 38.0 Å². The zero-order chi connectivity index (χ0) is 15.0. The molecule has 0 aliphatic rings. The maximum absolute atomic E-state index is 12.0.